The molecular weight excluding hydrogens is 248 g/mol. The largest absolute Gasteiger partial charge is 0.479 e. The fourth-order valence-electron chi connectivity index (χ4n) is 2.16. The molecule has 1 aliphatic carbocycles. The molecule has 0 radical (unpaired) electrons. The zero-order valence-electron chi connectivity index (χ0n) is 11.3. The molecule has 0 saturated carbocycles. The van der Waals surface area contributed by atoms with Crippen LogP contribution in [0.3, 0.4) is 0 Å². The van der Waals surface area contributed by atoms with Crippen molar-refractivity contribution in [2.45, 2.75) is 38.7 Å². The lowest BCUT2D eigenvalue weighted by atomic mass is 9.79. The minimum Gasteiger partial charge on any atom is -0.479 e. The molecule has 0 spiro atoms. The van der Waals surface area contributed by atoms with Crippen LogP contribution in [0.25, 0.3) is 0 Å². The monoisotopic (exact) mass is 268 g/mol. The first-order valence-electron chi connectivity index (χ1n) is 6.45. The van der Waals surface area contributed by atoms with Crippen molar-refractivity contribution in [2.24, 2.45) is 5.92 Å². The predicted octanol–water partition coefficient (Wildman–Crippen LogP) is 2.23. The minimum atomic E-state index is -1.57. The van der Waals surface area contributed by atoms with Gasteiger partial charge in [0.25, 0.3) is 0 Å². The molecule has 0 heterocycles. The third kappa shape index (κ3) is 3.23. The van der Waals surface area contributed by atoms with Crippen molar-refractivity contribution in [3.63, 3.8) is 0 Å². The van der Waals surface area contributed by atoms with Gasteiger partial charge in [0.05, 0.1) is 0 Å². The number of allylic oxidation sites excluding steroid dienone is 2. The maximum Gasteiger partial charge on any atom is 0.340 e. The van der Waals surface area contributed by atoms with E-state index in [4.69, 9.17) is 9.84 Å². The molecule has 0 aromatic carbocycles. The molecule has 0 fully saturated rings. The molecule has 1 aliphatic rings. The van der Waals surface area contributed by atoms with E-state index in [9.17, 15) is 14.7 Å². The highest BCUT2D eigenvalue weighted by Gasteiger charge is 2.47. The topological polar surface area (TPSA) is 83.8 Å². The third-order valence-electron chi connectivity index (χ3n) is 3.40. The number of hydrogen-bond donors (Lipinski definition) is 2. The van der Waals surface area contributed by atoms with Gasteiger partial charge in [-0.1, -0.05) is 38.8 Å². The van der Waals surface area contributed by atoms with Gasteiger partial charge in [0.1, 0.15) is 0 Å². The van der Waals surface area contributed by atoms with Crippen LogP contribution in [0, 0.1) is 5.92 Å². The Balaban J connectivity index is 2.89. The van der Waals surface area contributed by atoms with E-state index >= 15 is 0 Å². The summed E-state index contributed by atoms with van der Waals surface area (Å²) in [6, 6.07) is 0. The molecule has 19 heavy (non-hydrogen) atoms. The molecule has 2 unspecified atom stereocenters. The number of rotatable bonds is 7. The lowest BCUT2D eigenvalue weighted by molar-refractivity contribution is -0.164. The molecule has 0 amide bonds. The first kappa shape index (κ1) is 15.4. The SMILES string of the molecule is CCCCCOC1(C(=O)O)C=CC=C(C(=O)O)C1C. The third-order valence-corrected chi connectivity index (χ3v) is 3.40. The van der Waals surface area contributed by atoms with Gasteiger partial charge in [0.2, 0.25) is 0 Å². The summed E-state index contributed by atoms with van der Waals surface area (Å²) in [5, 5.41) is 18.5. The summed E-state index contributed by atoms with van der Waals surface area (Å²) in [6.45, 7) is 3.92. The van der Waals surface area contributed by atoms with Crippen LogP contribution in [0.4, 0.5) is 0 Å². The summed E-state index contributed by atoms with van der Waals surface area (Å²) < 4.78 is 5.54. The summed E-state index contributed by atoms with van der Waals surface area (Å²) in [5.41, 5.74) is -1.52. The zero-order valence-corrected chi connectivity index (χ0v) is 11.3. The molecule has 5 nitrogen and oxygen atoms in total. The smallest absolute Gasteiger partial charge is 0.340 e. The maximum absolute atomic E-state index is 11.5. The molecule has 0 aromatic heterocycles. The molecule has 0 bridgehead atoms. The number of unbranched alkanes of at least 4 members (excludes halogenated alkanes) is 2. The number of aliphatic carboxylic acids is 2. The van der Waals surface area contributed by atoms with Crippen LogP contribution in [0.5, 0.6) is 0 Å². The lowest BCUT2D eigenvalue weighted by Gasteiger charge is -2.34. The van der Waals surface area contributed by atoms with Crippen molar-refractivity contribution < 1.29 is 24.5 Å². The highest BCUT2D eigenvalue weighted by atomic mass is 16.5. The summed E-state index contributed by atoms with van der Waals surface area (Å²) in [6.07, 6.45) is 7.02. The van der Waals surface area contributed by atoms with Crippen LogP contribution in [0.1, 0.15) is 33.1 Å². The van der Waals surface area contributed by atoms with E-state index in [1.165, 1.54) is 18.2 Å². The lowest BCUT2D eigenvalue weighted by Crippen LogP contribution is -2.48. The van der Waals surface area contributed by atoms with E-state index in [1.807, 2.05) is 6.92 Å². The molecule has 0 aliphatic heterocycles. The molecular formula is C14H20O5. The zero-order chi connectivity index (χ0) is 14.5. The second-order valence-electron chi connectivity index (χ2n) is 4.66. The van der Waals surface area contributed by atoms with Gasteiger partial charge in [0, 0.05) is 18.1 Å². The second-order valence-corrected chi connectivity index (χ2v) is 4.66. The fourth-order valence-corrected chi connectivity index (χ4v) is 2.16. The van der Waals surface area contributed by atoms with Gasteiger partial charge in [-0.05, 0) is 12.5 Å². The number of carboxylic acid groups (broad SMARTS) is 2. The van der Waals surface area contributed by atoms with Gasteiger partial charge in [-0.25, -0.2) is 9.59 Å². The van der Waals surface area contributed by atoms with E-state index < -0.39 is 23.5 Å². The minimum absolute atomic E-state index is 0.0559. The normalized spacial score (nSPS) is 26.0. The summed E-state index contributed by atoms with van der Waals surface area (Å²) in [5.74, 6) is -2.99. The summed E-state index contributed by atoms with van der Waals surface area (Å²) in [4.78, 5) is 22.6. The van der Waals surface area contributed by atoms with E-state index in [0.717, 1.165) is 19.3 Å². The molecule has 106 valence electrons. The van der Waals surface area contributed by atoms with Crippen molar-refractivity contribution in [1.29, 1.82) is 0 Å². The Hall–Kier alpha value is -1.62. The Kier molecular flexibility index (Phi) is 5.30. The number of carbonyl (C=O) groups is 2. The molecule has 2 atom stereocenters. The first-order valence-corrected chi connectivity index (χ1v) is 6.45. The van der Waals surface area contributed by atoms with Crippen molar-refractivity contribution in [3.8, 4) is 0 Å². The molecule has 1 rings (SSSR count). The average molecular weight is 268 g/mol. The van der Waals surface area contributed by atoms with Gasteiger partial charge < -0.3 is 14.9 Å². The van der Waals surface area contributed by atoms with Crippen LogP contribution < -0.4 is 0 Å². The van der Waals surface area contributed by atoms with Gasteiger partial charge in [-0.2, -0.15) is 0 Å². The predicted molar refractivity (Wildman–Crippen MR) is 69.9 cm³/mol. The number of ether oxygens (including phenoxy) is 1. The van der Waals surface area contributed by atoms with E-state index in [-0.39, 0.29) is 5.57 Å². The Labute approximate surface area is 112 Å². The highest BCUT2D eigenvalue weighted by molar-refractivity contribution is 5.92. The van der Waals surface area contributed by atoms with Crippen molar-refractivity contribution in [3.05, 3.63) is 23.8 Å². The van der Waals surface area contributed by atoms with Gasteiger partial charge in [-0.3, -0.25) is 0 Å². The molecule has 0 aromatic rings. The fraction of sp³-hybridized carbons (Fsp3) is 0.571. The Morgan fingerprint density at radius 1 is 1.37 bits per heavy atom. The maximum atomic E-state index is 11.5. The van der Waals surface area contributed by atoms with Crippen LogP contribution in [0.2, 0.25) is 0 Å². The van der Waals surface area contributed by atoms with Crippen LogP contribution in [-0.2, 0) is 14.3 Å². The van der Waals surface area contributed by atoms with Crippen molar-refractivity contribution in [1.82, 2.24) is 0 Å². The Morgan fingerprint density at radius 3 is 2.58 bits per heavy atom. The van der Waals surface area contributed by atoms with Crippen LogP contribution in [-0.4, -0.2) is 34.4 Å². The quantitative estimate of drug-likeness (QED) is 0.692. The summed E-state index contributed by atoms with van der Waals surface area (Å²) in [7, 11) is 0. The standard InChI is InChI=1S/C14H20O5/c1-3-4-5-9-19-14(13(17)18)8-6-7-11(10(14)2)12(15)16/h6-8,10H,3-5,9H2,1-2H3,(H,15,16)(H,17,18). The average Bonchev–Trinajstić information content (AvgIpc) is 2.35. The molecule has 0 saturated heterocycles. The number of carboxylic acids is 2. The molecule has 2 N–H and O–H groups in total. The highest BCUT2D eigenvalue weighted by Crippen LogP contribution is 2.34. The van der Waals surface area contributed by atoms with E-state index in [1.54, 1.807) is 6.92 Å². The van der Waals surface area contributed by atoms with Crippen molar-refractivity contribution >= 4 is 11.9 Å². The van der Waals surface area contributed by atoms with E-state index in [2.05, 4.69) is 0 Å². The van der Waals surface area contributed by atoms with Crippen LogP contribution in [0.15, 0.2) is 23.8 Å². The van der Waals surface area contributed by atoms with E-state index in [0.29, 0.717) is 6.61 Å². The van der Waals surface area contributed by atoms with Gasteiger partial charge in [-0.15, -0.1) is 0 Å². The van der Waals surface area contributed by atoms with Gasteiger partial charge in [0.15, 0.2) is 5.60 Å². The first-order chi connectivity index (χ1) is 8.95. The van der Waals surface area contributed by atoms with Crippen LogP contribution >= 0.6 is 0 Å². The Bertz CT molecular complexity index is 410. The summed E-state index contributed by atoms with van der Waals surface area (Å²) >= 11 is 0. The molecule has 5 heteroatoms. The second kappa shape index (κ2) is 6.52. The Morgan fingerprint density at radius 2 is 2.05 bits per heavy atom. The number of hydrogen-bond acceptors (Lipinski definition) is 3. The van der Waals surface area contributed by atoms with Gasteiger partial charge >= 0.3 is 11.9 Å². The van der Waals surface area contributed by atoms with Crippen molar-refractivity contribution in [2.75, 3.05) is 6.61 Å².